The highest BCUT2D eigenvalue weighted by molar-refractivity contribution is 5.77. The molecule has 0 saturated carbocycles. The van der Waals surface area contributed by atoms with E-state index in [1.807, 2.05) is 18.2 Å². The Morgan fingerprint density at radius 3 is 3.08 bits per heavy atom. The van der Waals surface area contributed by atoms with Crippen molar-refractivity contribution in [3.63, 3.8) is 0 Å². The number of aromatic nitrogens is 1. The van der Waals surface area contributed by atoms with Crippen LogP contribution in [0.1, 0.15) is 12.1 Å². The summed E-state index contributed by atoms with van der Waals surface area (Å²) in [6, 6.07) is 5.48. The number of pyridine rings is 1. The highest BCUT2D eigenvalue weighted by atomic mass is 16.4. The minimum atomic E-state index is -0.835. The van der Waals surface area contributed by atoms with E-state index in [0.717, 1.165) is 5.69 Å². The Morgan fingerprint density at radius 1 is 1.62 bits per heavy atom. The van der Waals surface area contributed by atoms with Crippen LogP contribution in [-0.2, 0) is 4.79 Å². The molecule has 4 nitrogen and oxygen atoms in total. The number of hydrogen-bond acceptors (Lipinski definition) is 3. The minimum Gasteiger partial charge on any atom is -0.481 e. The number of nitrogens with zero attached hydrogens (tertiary/aromatic N) is 2. The lowest BCUT2D eigenvalue weighted by Crippen LogP contribution is -1.97. The second kappa shape index (κ2) is 5.03. The van der Waals surface area contributed by atoms with Crippen LogP contribution in [0.25, 0.3) is 0 Å². The summed E-state index contributed by atoms with van der Waals surface area (Å²) >= 11 is 0. The highest BCUT2D eigenvalue weighted by Crippen LogP contribution is 1.89. The first-order valence-corrected chi connectivity index (χ1v) is 3.91. The maximum Gasteiger partial charge on any atom is 0.305 e. The molecule has 1 N–H and O–H groups in total. The van der Waals surface area contributed by atoms with Crippen molar-refractivity contribution < 1.29 is 9.90 Å². The first-order chi connectivity index (χ1) is 6.29. The zero-order chi connectivity index (χ0) is 9.52. The maximum atomic E-state index is 10.1. The van der Waals surface area contributed by atoms with Crippen molar-refractivity contribution in [2.75, 3.05) is 6.54 Å². The Hall–Kier alpha value is -1.71. The van der Waals surface area contributed by atoms with Crippen LogP contribution in [0.5, 0.6) is 0 Å². The van der Waals surface area contributed by atoms with Crippen molar-refractivity contribution in [1.82, 2.24) is 4.98 Å². The van der Waals surface area contributed by atoms with Crippen molar-refractivity contribution in [3.8, 4) is 0 Å². The molecule has 68 valence electrons. The van der Waals surface area contributed by atoms with Crippen molar-refractivity contribution in [3.05, 3.63) is 30.1 Å². The van der Waals surface area contributed by atoms with E-state index in [1.54, 1.807) is 12.4 Å². The molecule has 0 atom stereocenters. The molecule has 0 bridgehead atoms. The summed E-state index contributed by atoms with van der Waals surface area (Å²) in [5.41, 5.74) is 0.743. The molecule has 0 saturated heterocycles. The van der Waals surface area contributed by atoms with Crippen molar-refractivity contribution in [2.24, 2.45) is 4.99 Å². The lowest BCUT2D eigenvalue weighted by atomic mass is 10.4. The fraction of sp³-hybridized carbons (Fsp3) is 0.222. The zero-order valence-electron chi connectivity index (χ0n) is 7.05. The van der Waals surface area contributed by atoms with Gasteiger partial charge < -0.3 is 5.11 Å². The standard InChI is InChI=1S/C9H10N2O2/c12-9(13)4-6-10-7-8-3-1-2-5-11-8/h1-3,5,7H,4,6H2,(H,12,13). The second-order valence-electron chi connectivity index (χ2n) is 2.43. The topological polar surface area (TPSA) is 62.5 Å². The van der Waals surface area contributed by atoms with E-state index >= 15 is 0 Å². The predicted octanol–water partition coefficient (Wildman–Crippen LogP) is 0.975. The van der Waals surface area contributed by atoms with Gasteiger partial charge in [-0.3, -0.25) is 14.8 Å². The number of carboxylic acids is 1. The molecule has 0 aliphatic heterocycles. The molecule has 4 heteroatoms. The molecule has 1 aromatic heterocycles. The average Bonchev–Trinajstić information content (AvgIpc) is 2.14. The number of carbonyl (C=O) groups is 1. The molecule has 0 unspecified atom stereocenters. The van der Waals surface area contributed by atoms with E-state index in [9.17, 15) is 4.79 Å². The van der Waals surface area contributed by atoms with Gasteiger partial charge in [-0.15, -0.1) is 0 Å². The van der Waals surface area contributed by atoms with Crippen molar-refractivity contribution in [2.45, 2.75) is 6.42 Å². The summed E-state index contributed by atoms with van der Waals surface area (Å²) in [6.07, 6.45) is 3.30. The van der Waals surface area contributed by atoms with Gasteiger partial charge in [-0.25, -0.2) is 0 Å². The number of hydrogen-bond donors (Lipinski definition) is 1. The van der Waals surface area contributed by atoms with Gasteiger partial charge in [0.15, 0.2) is 0 Å². The van der Waals surface area contributed by atoms with Gasteiger partial charge in [-0.1, -0.05) is 6.07 Å². The second-order valence-corrected chi connectivity index (χ2v) is 2.43. The van der Waals surface area contributed by atoms with Crippen LogP contribution in [0, 0.1) is 0 Å². The monoisotopic (exact) mass is 178 g/mol. The molecule has 13 heavy (non-hydrogen) atoms. The smallest absolute Gasteiger partial charge is 0.305 e. The summed E-state index contributed by atoms with van der Waals surface area (Å²) < 4.78 is 0. The molecular formula is C9H10N2O2. The van der Waals surface area contributed by atoms with Crippen LogP contribution in [0.2, 0.25) is 0 Å². The van der Waals surface area contributed by atoms with Crippen LogP contribution >= 0.6 is 0 Å². The molecule has 0 spiro atoms. The molecule has 0 aliphatic carbocycles. The molecule has 0 radical (unpaired) electrons. The Kier molecular flexibility index (Phi) is 3.63. The first kappa shape index (κ1) is 9.38. The van der Waals surface area contributed by atoms with E-state index in [-0.39, 0.29) is 6.42 Å². The van der Waals surface area contributed by atoms with Crippen LogP contribution in [0.15, 0.2) is 29.4 Å². The minimum absolute atomic E-state index is 0.0589. The fourth-order valence-corrected chi connectivity index (χ4v) is 0.771. The van der Waals surface area contributed by atoms with E-state index in [2.05, 4.69) is 9.98 Å². The summed E-state index contributed by atoms with van der Waals surface area (Å²) in [7, 11) is 0. The Bertz CT molecular complexity index is 296. The largest absolute Gasteiger partial charge is 0.481 e. The van der Waals surface area contributed by atoms with E-state index in [0.29, 0.717) is 6.54 Å². The number of carboxylic acid groups (broad SMARTS) is 1. The summed E-state index contributed by atoms with van der Waals surface area (Å²) in [4.78, 5) is 18.0. The Labute approximate surface area is 76.0 Å². The predicted molar refractivity (Wildman–Crippen MR) is 49.0 cm³/mol. The molecule has 1 aromatic rings. The number of aliphatic imine (C=N–C) groups is 1. The van der Waals surface area contributed by atoms with Crippen LogP contribution in [0.3, 0.4) is 0 Å². The average molecular weight is 178 g/mol. The highest BCUT2D eigenvalue weighted by Gasteiger charge is 1.92. The van der Waals surface area contributed by atoms with Gasteiger partial charge in [0.2, 0.25) is 0 Å². The quantitative estimate of drug-likeness (QED) is 0.699. The molecule has 0 aliphatic rings. The Balaban J connectivity index is 2.37. The van der Waals surface area contributed by atoms with Gasteiger partial charge in [0.05, 0.1) is 12.1 Å². The van der Waals surface area contributed by atoms with Crippen LogP contribution in [0.4, 0.5) is 0 Å². The van der Waals surface area contributed by atoms with Crippen molar-refractivity contribution in [1.29, 1.82) is 0 Å². The fourth-order valence-electron chi connectivity index (χ4n) is 0.771. The normalized spacial score (nSPS) is 10.5. The van der Waals surface area contributed by atoms with Crippen LogP contribution < -0.4 is 0 Å². The summed E-state index contributed by atoms with van der Waals surface area (Å²) in [5.74, 6) is -0.835. The van der Waals surface area contributed by atoms with Gasteiger partial charge in [0.25, 0.3) is 0 Å². The maximum absolute atomic E-state index is 10.1. The molecule has 0 amide bonds. The van der Waals surface area contributed by atoms with E-state index in [4.69, 9.17) is 5.11 Å². The van der Waals surface area contributed by atoms with Crippen LogP contribution in [-0.4, -0.2) is 28.8 Å². The third-order valence-corrected chi connectivity index (χ3v) is 1.37. The molecule has 0 aromatic carbocycles. The molecule has 0 fully saturated rings. The SMILES string of the molecule is O=C(O)CCN=Cc1ccccn1. The summed E-state index contributed by atoms with van der Waals surface area (Å²) in [5, 5.41) is 8.32. The number of aliphatic carboxylic acids is 1. The van der Waals surface area contributed by atoms with Gasteiger partial charge in [0, 0.05) is 19.0 Å². The first-order valence-electron chi connectivity index (χ1n) is 3.91. The zero-order valence-corrected chi connectivity index (χ0v) is 7.05. The van der Waals surface area contributed by atoms with Gasteiger partial charge in [0.1, 0.15) is 0 Å². The van der Waals surface area contributed by atoms with E-state index < -0.39 is 5.97 Å². The summed E-state index contributed by atoms with van der Waals surface area (Å²) in [6.45, 7) is 0.298. The third kappa shape index (κ3) is 4.00. The van der Waals surface area contributed by atoms with E-state index in [1.165, 1.54) is 0 Å². The third-order valence-electron chi connectivity index (χ3n) is 1.37. The lowest BCUT2D eigenvalue weighted by molar-refractivity contribution is -0.136. The van der Waals surface area contributed by atoms with Gasteiger partial charge in [-0.05, 0) is 12.1 Å². The molecule has 1 rings (SSSR count). The lowest BCUT2D eigenvalue weighted by Gasteiger charge is -1.90. The Morgan fingerprint density at radius 2 is 2.46 bits per heavy atom. The molecule has 1 heterocycles. The van der Waals surface area contributed by atoms with Gasteiger partial charge >= 0.3 is 5.97 Å². The molecular weight excluding hydrogens is 168 g/mol. The number of rotatable bonds is 4. The van der Waals surface area contributed by atoms with Crippen molar-refractivity contribution >= 4 is 12.2 Å². The van der Waals surface area contributed by atoms with Gasteiger partial charge in [-0.2, -0.15) is 0 Å².